The molecule has 0 atom stereocenters. The van der Waals surface area contributed by atoms with Gasteiger partial charge in [-0.1, -0.05) is 29.4 Å². The molecular weight excluding hydrogens is 307 g/mol. The molecule has 6 heteroatoms. The zero-order valence-corrected chi connectivity index (χ0v) is 12.8. The van der Waals surface area contributed by atoms with Crippen LogP contribution in [0.5, 0.6) is 0 Å². The Labute approximate surface area is 137 Å². The standard InChI is InChI=1S/C18H13FN4O/c1-23-16(8-9-20-23)12-4-2-5-13(10-12)17-21-18(24-22-17)14-6-3-7-15(19)11-14/h2-11H,1H3. The Bertz CT molecular complexity index is 1010. The van der Waals surface area contributed by atoms with E-state index in [0.29, 0.717) is 11.4 Å². The summed E-state index contributed by atoms with van der Waals surface area (Å²) in [6.45, 7) is 0. The molecule has 0 aliphatic heterocycles. The van der Waals surface area contributed by atoms with Crippen LogP contribution in [0.15, 0.2) is 65.3 Å². The summed E-state index contributed by atoms with van der Waals surface area (Å²) in [5.74, 6) is 0.402. The minimum atomic E-state index is -0.342. The van der Waals surface area contributed by atoms with Crippen LogP contribution in [0.3, 0.4) is 0 Å². The minimum absolute atomic E-state index is 0.287. The highest BCUT2D eigenvalue weighted by Gasteiger charge is 2.12. The van der Waals surface area contributed by atoms with Crippen molar-refractivity contribution < 1.29 is 8.91 Å². The molecule has 0 spiro atoms. The first-order valence-electron chi connectivity index (χ1n) is 7.39. The number of rotatable bonds is 3. The van der Waals surface area contributed by atoms with Gasteiger partial charge in [0.05, 0.1) is 5.69 Å². The Morgan fingerprint density at radius 1 is 0.958 bits per heavy atom. The molecule has 24 heavy (non-hydrogen) atoms. The molecule has 118 valence electrons. The average molecular weight is 320 g/mol. The number of aryl methyl sites for hydroxylation is 1. The van der Waals surface area contributed by atoms with Crippen LogP contribution >= 0.6 is 0 Å². The fourth-order valence-electron chi connectivity index (χ4n) is 2.55. The van der Waals surface area contributed by atoms with E-state index in [1.54, 1.807) is 23.0 Å². The predicted molar refractivity (Wildman–Crippen MR) is 87.3 cm³/mol. The number of hydrogen-bond donors (Lipinski definition) is 0. The smallest absolute Gasteiger partial charge is 0.258 e. The molecule has 0 amide bonds. The maximum absolute atomic E-state index is 13.3. The van der Waals surface area contributed by atoms with Crippen molar-refractivity contribution in [1.82, 2.24) is 19.9 Å². The molecular formula is C18H13FN4O. The summed E-state index contributed by atoms with van der Waals surface area (Å²) >= 11 is 0. The topological polar surface area (TPSA) is 56.7 Å². The van der Waals surface area contributed by atoms with Crippen LogP contribution < -0.4 is 0 Å². The summed E-state index contributed by atoms with van der Waals surface area (Å²) in [5, 5.41) is 8.19. The molecule has 0 saturated carbocycles. The number of halogens is 1. The number of hydrogen-bond acceptors (Lipinski definition) is 4. The van der Waals surface area contributed by atoms with Crippen molar-refractivity contribution in [2.75, 3.05) is 0 Å². The van der Waals surface area contributed by atoms with Crippen molar-refractivity contribution in [1.29, 1.82) is 0 Å². The van der Waals surface area contributed by atoms with Crippen molar-refractivity contribution in [2.45, 2.75) is 0 Å². The van der Waals surface area contributed by atoms with E-state index in [9.17, 15) is 4.39 Å². The van der Waals surface area contributed by atoms with Gasteiger partial charge in [0.25, 0.3) is 5.89 Å². The molecule has 0 bridgehead atoms. The first-order valence-corrected chi connectivity index (χ1v) is 7.39. The third-order valence-electron chi connectivity index (χ3n) is 3.74. The highest BCUT2D eigenvalue weighted by molar-refractivity contribution is 5.68. The molecule has 0 aliphatic rings. The molecule has 2 heterocycles. The summed E-state index contributed by atoms with van der Waals surface area (Å²) in [6.07, 6.45) is 1.75. The second-order valence-electron chi connectivity index (χ2n) is 5.35. The number of benzene rings is 2. The van der Waals surface area contributed by atoms with Crippen LogP contribution in [0, 0.1) is 5.82 Å². The Kier molecular flexibility index (Phi) is 3.42. The summed E-state index contributed by atoms with van der Waals surface area (Å²) < 4.78 is 20.4. The van der Waals surface area contributed by atoms with Gasteiger partial charge in [0.2, 0.25) is 5.82 Å². The normalized spacial score (nSPS) is 10.9. The molecule has 2 aromatic carbocycles. The Morgan fingerprint density at radius 3 is 2.54 bits per heavy atom. The molecule has 0 radical (unpaired) electrons. The van der Waals surface area contributed by atoms with Crippen LogP contribution in [0.1, 0.15) is 0 Å². The fourth-order valence-corrected chi connectivity index (χ4v) is 2.55. The molecule has 0 aliphatic carbocycles. The highest BCUT2D eigenvalue weighted by Crippen LogP contribution is 2.26. The molecule has 4 aromatic rings. The third-order valence-corrected chi connectivity index (χ3v) is 3.74. The SMILES string of the molecule is Cn1nccc1-c1cccc(-c2noc(-c3cccc(F)c3)n2)c1. The van der Waals surface area contributed by atoms with Gasteiger partial charge in [0, 0.05) is 29.9 Å². The fraction of sp³-hybridized carbons (Fsp3) is 0.0556. The highest BCUT2D eigenvalue weighted by atomic mass is 19.1. The van der Waals surface area contributed by atoms with E-state index in [-0.39, 0.29) is 11.7 Å². The maximum atomic E-state index is 13.3. The zero-order chi connectivity index (χ0) is 16.5. The van der Waals surface area contributed by atoms with Crippen molar-refractivity contribution in [3.8, 4) is 34.1 Å². The molecule has 2 aromatic heterocycles. The maximum Gasteiger partial charge on any atom is 0.258 e. The van der Waals surface area contributed by atoms with Crippen LogP contribution in [-0.2, 0) is 7.05 Å². The summed E-state index contributed by atoms with van der Waals surface area (Å²) in [4.78, 5) is 4.37. The number of aromatic nitrogens is 4. The molecule has 4 rings (SSSR count). The van der Waals surface area contributed by atoms with Crippen LogP contribution in [0.4, 0.5) is 4.39 Å². The molecule has 0 saturated heterocycles. The van der Waals surface area contributed by atoms with E-state index in [1.165, 1.54) is 12.1 Å². The lowest BCUT2D eigenvalue weighted by Gasteiger charge is -2.03. The van der Waals surface area contributed by atoms with Crippen LogP contribution in [-0.4, -0.2) is 19.9 Å². The quantitative estimate of drug-likeness (QED) is 0.573. The van der Waals surface area contributed by atoms with Crippen LogP contribution in [0.25, 0.3) is 34.1 Å². The van der Waals surface area contributed by atoms with E-state index >= 15 is 0 Å². The van der Waals surface area contributed by atoms with Crippen molar-refractivity contribution in [3.63, 3.8) is 0 Å². The summed E-state index contributed by atoms with van der Waals surface area (Å²) in [6, 6.07) is 15.8. The van der Waals surface area contributed by atoms with E-state index in [2.05, 4.69) is 15.2 Å². The van der Waals surface area contributed by atoms with Gasteiger partial charge in [-0.15, -0.1) is 0 Å². The van der Waals surface area contributed by atoms with Gasteiger partial charge in [-0.05, 0) is 30.3 Å². The van der Waals surface area contributed by atoms with E-state index in [4.69, 9.17) is 4.52 Å². The Balaban J connectivity index is 1.72. The van der Waals surface area contributed by atoms with E-state index < -0.39 is 0 Å². The average Bonchev–Trinajstić information content (AvgIpc) is 3.24. The monoisotopic (exact) mass is 320 g/mol. The van der Waals surface area contributed by atoms with Gasteiger partial charge >= 0.3 is 0 Å². The molecule has 0 fully saturated rings. The van der Waals surface area contributed by atoms with Gasteiger partial charge in [0.15, 0.2) is 0 Å². The molecule has 5 nitrogen and oxygen atoms in total. The lowest BCUT2D eigenvalue weighted by Crippen LogP contribution is -1.93. The summed E-state index contributed by atoms with van der Waals surface area (Å²) in [5.41, 5.74) is 3.37. The Morgan fingerprint density at radius 2 is 1.75 bits per heavy atom. The first-order chi connectivity index (χ1) is 11.7. The largest absolute Gasteiger partial charge is 0.334 e. The van der Waals surface area contributed by atoms with Gasteiger partial charge in [-0.2, -0.15) is 10.1 Å². The lowest BCUT2D eigenvalue weighted by molar-refractivity contribution is 0.432. The zero-order valence-electron chi connectivity index (χ0n) is 12.8. The first kappa shape index (κ1) is 14.3. The number of nitrogens with zero attached hydrogens (tertiary/aromatic N) is 4. The Hall–Kier alpha value is -3.28. The van der Waals surface area contributed by atoms with Gasteiger partial charge in [0.1, 0.15) is 5.82 Å². The lowest BCUT2D eigenvalue weighted by atomic mass is 10.1. The second kappa shape index (κ2) is 5.73. The second-order valence-corrected chi connectivity index (χ2v) is 5.35. The van der Waals surface area contributed by atoms with Crippen molar-refractivity contribution >= 4 is 0 Å². The van der Waals surface area contributed by atoms with Crippen molar-refractivity contribution in [3.05, 3.63) is 66.6 Å². The molecule has 0 N–H and O–H groups in total. The van der Waals surface area contributed by atoms with Crippen molar-refractivity contribution in [2.24, 2.45) is 7.05 Å². The van der Waals surface area contributed by atoms with E-state index in [0.717, 1.165) is 16.8 Å². The summed E-state index contributed by atoms with van der Waals surface area (Å²) in [7, 11) is 1.89. The third kappa shape index (κ3) is 2.58. The van der Waals surface area contributed by atoms with Crippen LogP contribution in [0.2, 0.25) is 0 Å². The minimum Gasteiger partial charge on any atom is -0.334 e. The van der Waals surface area contributed by atoms with E-state index in [1.807, 2.05) is 37.4 Å². The predicted octanol–water partition coefficient (Wildman–Crippen LogP) is 3.94. The van der Waals surface area contributed by atoms with Gasteiger partial charge < -0.3 is 4.52 Å². The molecule has 0 unspecified atom stereocenters. The van der Waals surface area contributed by atoms with Gasteiger partial charge in [-0.3, -0.25) is 4.68 Å². The van der Waals surface area contributed by atoms with Gasteiger partial charge in [-0.25, -0.2) is 4.39 Å².